The second-order valence-electron chi connectivity index (χ2n) is 6.90. The van der Waals surface area contributed by atoms with Gasteiger partial charge in [-0.3, -0.25) is 4.79 Å². The van der Waals surface area contributed by atoms with Gasteiger partial charge < -0.3 is 10.1 Å². The lowest BCUT2D eigenvalue weighted by Crippen LogP contribution is -2.24. The van der Waals surface area contributed by atoms with Crippen LogP contribution in [0.3, 0.4) is 0 Å². The van der Waals surface area contributed by atoms with E-state index < -0.39 is 17.3 Å². The SMILES string of the molecule is O=c1c(Cl)c(NCCOC2CCCCCC2)cnn1-c1ccc(C(F)(F)F)cn1. The van der Waals surface area contributed by atoms with Gasteiger partial charge >= 0.3 is 6.18 Å². The number of nitrogens with zero attached hydrogens (tertiary/aromatic N) is 3. The van der Waals surface area contributed by atoms with Crippen LogP contribution in [0.5, 0.6) is 0 Å². The van der Waals surface area contributed by atoms with Crippen LogP contribution in [0.2, 0.25) is 5.02 Å². The molecule has 6 nitrogen and oxygen atoms in total. The molecule has 0 bridgehead atoms. The summed E-state index contributed by atoms with van der Waals surface area (Å²) in [6.45, 7) is 0.935. The van der Waals surface area contributed by atoms with Gasteiger partial charge in [-0.25, -0.2) is 4.98 Å². The number of pyridine rings is 1. The van der Waals surface area contributed by atoms with E-state index in [4.69, 9.17) is 16.3 Å². The number of rotatable bonds is 6. The first-order chi connectivity index (χ1) is 13.9. The minimum atomic E-state index is -4.51. The molecule has 3 rings (SSSR count). The van der Waals surface area contributed by atoms with Crippen molar-refractivity contribution in [3.63, 3.8) is 0 Å². The molecule has 158 valence electrons. The fraction of sp³-hybridized carbons (Fsp3) is 0.526. The topological polar surface area (TPSA) is 69.0 Å². The Kier molecular flexibility index (Phi) is 7.13. The van der Waals surface area contributed by atoms with Crippen molar-refractivity contribution in [1.29, 1.82) is 0 Å². The maximum Gasteiger partial charge on any atom is 0.417 e. The van der Waals surface area contributed by atoms with Gasteiger partial charge in [-0.15, -0.1) is 0 Å². The van der Waals surface area contributed by atoms with Crippen molar-refractivity contribution in [2.24, 2.45) is 0 Å². The highest BCUT2D eigenvalue weighted by molar-refractivity contribution is 6.32. The van der Waals surface area contributed by atoms with Crippen molar-refractivity contribution in [1.82, 2.24) is 14.8 Å². The molecule has 10 heteroatoms. The van der Waals surface area contributed by atoms with E-state index in [1.807, 2.05) is 0 Å². The van der Waals surface area contributed by atoms with Crippen LogP contribution in [0.15, 0.2) is 29.3 Å². The van der Waals surface area contributed by atoms with Gasteiger partial charge in [0, 0.05) is 12.7 Å². The lowest BCUT2D eigenvalue weighted by atomic mass is 10.1. The first-order valence-corrected chi connectivity index (χ1v) is 9.91. The smallest absolute Gasteiger partial charge is 0.380 e. The lowest BCUT2D eigenvalue weighted by Gasteiger charge is -2.16. The van der Waals surface area contributed by atoms with Gasteiger partial charge in [0.25, 0.3) is 5.56 Å². The zero-order chi connectivity index (χ0) is 20.9. The molecular formula is C19H22ClF3N4O2. The van der Waals surface area contributed by atoms with Crippen LogP contribution in [0, 0.1) is 0 Å². The average Bonchev–Trinajstić information content (AvgIpc) is 2.97. The van der Waals surface area contributed by atoms with E-state index in [0.29, 0.717) is 25.0 Å². The third-order valence-electron chi connectivity index (χ3n) is 4.78. The summed E-state index contributed by atoms with van der Waals surface area (Å²) >= 11 is 6.12. The van der Waals surface area contributed by atoms with Gasteiger partial charge in [-0.2, -0.15) is 23.0 Å². The zero-order valence-electron chi connectivity index (χ0n) is 15.7. The third kappa shape index (κ3) is 5.70. The molecule has 0 amide bonds. The largest absolute Gasteiger partial charge is 0.417 e. The molecule has 2 heterocycles. The Bertz CT molecular complexity index is 863. The molecule has 0 atom stereocenters. The molecule has 0 aliphatic heterocycles. The molecule has 1 aliphatic rings. The number of anilines is 1. The lowest BCUT2D eigenvalue weighted by molar-refractivity contribution is -0.137. The summed E-state index contributed by atoms with van der Waals surface area (Å²) in [6.07, 6.45) is 4.77. The molecule has 0 unspecified atom stereocenters. The quantitative estimate of drug-likeness (QED) is 0.541. The summed E-state index contributed by atoms with van der Waals surface area (Å²) < 4.78 is 44.7. The van der Waals surface area contributed by atoms with Crippen LogP contribution in [0.4, 0.5) is 18.9 Å². The summed E-state index contributed by atoms with van der Waals surface area (Å²) in [5, 5.41) is 6.85. The van der Waals surface area contributed by atoms with Crippen molar-refractivity contribution < 1.29 is 17.9 Å². The molecule has 1 fully saturated rings. The zero-order valence-corrected chi connectivity index (χ0v) is 16.5. The number of hydrogen-bond acceptors (Lipinski definition) is 5. The summed E-state index contributed by atoms with van der Waals surface area (Å²) in [7, 11) is 0. The molecule has 1 saturated carbocycles. The van der Waals surface area contributed by atoms with E-state index in [0.717, 1.165) is 29.7 Å². The van der Waals surface area contributed by atoms with E-state index >= 15 is 0 Å². The Hall–Kier alpha value is -2.13. The fourth-order valence-electron chi connectivity index (χ4n) is 3.22. The van der Waals surface area contributed by atoms with Crippen molar-refractivity contribution >= 4 is 17.3 Å². The third-order valence-corrected chi connectivity index (χ3v) is 5.15. The number of hydrogen-bond donors (Lipinski definition) is 1. The van der Waals surface area contributed by atoms with E-state index in [-0.39, 0.29) is 16.9 Å². The fourth-order valence-corrected chi connectivity index (χ4v) is 3.41. The average molecular weight is 431 g/mol. The van der Waals surface area contributed by atoms with Crippen molar-refractivity contribution in [2.75, 3.05) is 18.5 Å². The highest BCUT2D eigenvalue weighted by atomic mass is 35.5. The number of halogens is 4. The first-order valence-electron chi connectivity index (χ1n) is 9.53. The second kappa shape index (κ2) is 9.58. The molecule has 0 saturated heterocycles. The van der Waals surface area contributed by atoms with E-state index in [2.05, 4.69) is 15.4 Å². The Labute approximate surface area is 171 Å². The van der Waals surface area contributed by atoms with Crippen molar-refractivity contribution in [3.05, 3.63) is 45.5 Å². The first kappa shape index (κ1) is 21.6. The Morgan fingerprint density at radius 1 is 1.17 bits per heavy atom. The van der Waals surface area contributed by atoms with Crippen LogP contribution < -0.4 is 10.9 Å². The van der Waals surface area contributed by atoms with Gasteiger partial charge in [0.2, 0.25) is 0 Å². The van der Waals surface area contributed by atoms with E-state index in [1.165, 1.54) is 31.9 Å². The predicted octanol–water partition coefficient (Wildman–Crippen LogP) is 4.45. The van der Waals surface area contributed by atoms with Crippen LogP contribution in [-0.4, -0.2) is 34.0 Å². The molecule has 1 aliphatic carbocycles. The number of nitrogens with one attached hydrogen (secondary N) is 1. The maximum absolute atomic E-state index is 12.6. The monoisotopic (exact) mass is 430 g/mol. The van der Waals surface area contributed by atoms with Gasteiger partial charge in [-0.05, 0) is 25.0 Å². The Morgan fingerprint density at radius 2 is 1.90 bits per heavy atom. The van der Waals surface area contributed by atoms with Crippen LogP contribution in [0.1, 0.15) is 44.1 Å². The standard InChI is InChI=1S/C19H22ClF3N4O2/c20-17-15(24-9-10-29-14-5-3-1-2-4-6-14)12-26-27(18(17)28)16-8-7-13(11-25-16)19(21,22)23/h7-8,11-12,14,24H,1-6,9-10H2. The van der Waals surface area contributed by atoms with Crippen molar-refractivity contribution in [2.45, 2.75) is 50.8 Å². The number of aromatic nitrogens is 3. The number of alkyl halides is 3. The molecule has 29 heavy (non-hydrogen) atoms. The van der Waals surface area contributed by atoms with Crippen LogP contribution >= 0.6 is 11.6 Å². The van der Waals surface area contributed by atoms with Gasteiger partial charge in [0.15, 0.2) is 5.82 Å². The Balaban J connectivity index is 1.61. The van der Waals surface area contributed by atoms with E-state index in [1.54, 1.807) is 0 Å². The molecule has 0 aromatic carbocycles. The minimum Gasteiger partial charge on any atom is -0.380 e. The summed E-state index contributed by atoms with van der Waals surface area (Å²) in [5.74, 6) is -0.0480. The predicted molar refractivity (Wildman–Crippen MR) is 104 cm³/mol. The molecule has 0 radical (unpaired) electrons. The molecular weight excluding hydrogens is 409 g/mol. The maximum atomic E-state index is 12.6. The Morgan fingerprint density at radius 3 is 2.52 bits per heavy atom. The number of ether oxygens (including phenoxy) is 1. The van der Waals surface area contributed by atoms with Gasteiger partial charge in [0.05, 0.1) is 30.2 Å². The summed E-state index contributed by atoms with van der Waals surface area (Å²) in [4.78, 5) is 16.1. The van der Waals surface area contributed by atoms with Gasteiger partial charge in [-0.1, -0.05) is 37.3 Å². The molecule has 2 aromatic rings. The van der Waals surface area contributed by atoms with E-state index in [9.17, 15) is 18.0 Å². The van der Waals surface area contributed by atoms with Crippen LogP contribution in [0.25, 0.3) is 5.82 Å². The minimum absolute atomic E-state index is 0.0480. The highest BCUT2D eigenvalue weighted by Gasteiger charge is 2.30. The molecule has 1 N–H and O–H groups in total. The van der Waals surface area contributed by atoms with Gasteiger partial charge in [0.1, 0.15) is 5.02 Å². The highest BCUT2D eigenvalue weighted by Crippen LogP contribution is 2.28. The van der Waals surface area contributed by atoms with Crippen molar-refractivity contribution in [3.8, 4) is 5.82 Å². The normalized spacial score (nSPS) is 15.9. The second-order valence-corrected chi connectivity index (χ2v) is 7.28. The van der Waals surface area contributed by atoms with Crippen LogP contribution in [-0.2, 0) is 10.9 Å². The molecule has 0 spiro atoms. The molecule has 2 aromatic heterocycles. The summed E-state index contributed by atoms with van der Waals surface area (Å²) in [6, 6.07) is 1.91. The summed E-state index contributed by atoms with van der Waals surface area (Å²) in [5.41, 5.74) is -1.25.